The van der Waals surface area contributed by atoms with Crippen molar-refractivity contribution in [3.8, 4) is 5.75 Å². The molecule has 0 spiro atoms. The summed E-state index contributed by atoms with van der Waals surface area (Å²) in [4.78, 5) is 31.2. The van der Waals surface area contributed by atoms with Crippen molar-refractivity contribution in [3.05, 3.63) is 53.1 Å². The van der Waals surface area contributed by atoms with Gasteiger partial charge in [-0.25, -0.2) is 4.99 Å². The van der Waals surface area contributed by atoms with E-state index < -0.39 is 5.25 Å². The van der Waals surface area contributed by atoms with Gasteiger partial charge in [-0.05, 0) is 43.7 Å². The van der Waals surface area contributed by atoms with Gasteiger partial charge in [0, 0.05) is 30.2 Å². The minimum absolute atomic E-state index is 0.103. The molecular weight excluding hydrogens is 410 g/mol. The zero-order valence-corrected chi connectivity index (χ0v) is 18.0. The summed E-state index contributed by atoms with van der Waals surface area (Å²) in [6.07, 6.45) is 0.103. The van der Waals surface area contributed by atoms with E-state index in [2.05, 4.69) is 10.3 Å². The number of anilines is 1. The van der Waals surface area contributed by atoms with Crippen LogP contribution in [0.4, 0.5) is 11.4 Å². The Balaban J connectivity index is 1.77. The van der Waals surface area contributed by atoms with Gasteiger partial charge in [-0.2, -0.15) is 0 Å². The van der Waals surface area contributed by atoms with Gasteiger partial charge in [-0.1, -0.05) is 35.5 Å². The molecule has 2 aromatic carbocycles. The van der Waals surface area contributed by atoms with Crippen LogP contribution in [0.1, 0.15) is 18.9 Å². The summed E-state index contributed by atoms with van der Waals surface area (Å²) < 4.78 is 5.46. The molecule has 0 aliphatic carbocycles. The number of carbonyl (C=O) groups excluding carboxylic acids is 2. The van der Waals surface area contributed by atoms with Gasteiger partial charge in [-0.15, -0.1) is 0 Å². The smallest absolute Gasteiger partial charge is 0.238 e. The second-order valence-electron chi connectivity index (χ2n) is 6.54. The van der Waals surface area contributed by atoms with Gasteiger partial charge < -0.3 is 10.1 Å². The standard InChI is InChI=1S/C21H22ClN3O3S/c1-4-28-16-7-5-6-14(10-16)23-20(27)18-12-19(26)25(3)21(29-18)24-15-9-8-13(2)17(22)11-15/h5-11,18H,4,12H2,1-3H3,(H,23,27)/t18-/m1/s1. The monoisotopic (exact) mass is 431 g/mol. The number of nitrogens with one attached hydrogen (secondary N) is 1. The molecule has 0 bridgehead atoms. The van der Waals surface area contributed by atoms with Crippen LogP contribution in [0, 0.1) is 6.92 Å². The number of rotatable bonds is 5. The molecule has 1 fully saturated rings. The molecule has 1 heterocycles. The summed E-state index contributed by atoms with van der Waals surface area (Å²) in [5, 5.41) is 3.35. The zero-order chi connectivity index (χ0) is 21.0. The van der Waals surface area contributed by atoms with Crippen molar-refractivity contribution >= 4 is 51.7 Å². The van der Waals surface area contributed by atoms with Gasteiger partial charge in [0.15, 0.2) is 5.17 Å². The summed E-state index contributed by atoms with van der Waals surface area (Å²) in [5.74, 6) is 0.263. The number of aliphatic imine (C=N–C) groups is 1. The largest absolute Gasteiger partial charge is 0.494 e. The molecule has 0 aromatic heterocycles. The number of amides is 2. The molecular formula is C21H22ClN3O3S. The van der Waals surface area contributed by atoms with Crippen molar-refractivity contribution in [2.24, 2.45) is 4.99 Å². The molecule has 2 amide bonds. The predicted molar refractivity (Wildman–Crippen MR) is 118 cm³/mol. The van der Waals surface area contributed by atoms with Crippen molar-refractivity contribution in [2.45, 2.75) is 25.5 Å². The summed E-state index contributed by atoms with van der Waals surface area (Å²) in [5.41, 5.74) is 2.20. The molecule has 0 radical (unpaired) electrons. The normalized spacial score (nSPS) is 18.1. The van der Waals surface area contributed by atoms with E-state index in [1.54, 1.807) is 25.2 Å². The number of thioether (sulfide) groups is 1. The van der Waals surface area contributed by atoms with E-state index >= 15 is 0 Å². The van der Waals surface area contributed by atoms with Gasteiger partial charge in [0.25, 0.3) is 0 Å². The highest BCUT2D eigenvalue weighted by molar-refractivity contribution is 8.15. The van der Waals surface area contributed by atoms with Crippen LogP contribution in [0.25, 0.3) is 0 Å². The van der Waals surface area contributed by atoms with Crippen molar-refractivity contribution < 1.29 is 14.3 Å². The number of aryl methyl sites for hydroxylation is 1. The third kappa shape index (κ3) is 5.31. The lowest BCUT2D eigenvalue weighted by molar-refractivity contribution is -0.128. The average Bonchev–Trinajstić information content (AvgIpc) is 2.68. The van der Waals surface area contributed by atoms with Gasteiger partial charge in [0.1, 0.15) is 11.0 Å². The Morgan fingerprint density at radius 1 is 1.34 bits per heavy atom. The first kappa shape index (κ1) is 21.2. The Labute approximate surface area is 179 Å². The van der Waals surface area contributed by atoms with Gasteiger partial charge in [0.05, 0.1) is 12.3 Å². The molecule has 29 heavy (non-hydrogen) atoms. The van der Waals surface area contributed by atoms with E-state index in [1.807, 2.05) is 38.1 Å². The Morgan fingerprint density at radius 3 is 2.86 bits per heavy atom. The minimum Gasteiger partial charge on any atom is -0.494 e. The van der Waals surface area contributed by atoms with Gasteiger partial charge >= 0.3 is 0 Å². The highest BCUT2D eigenvalue weighted by Crippen LogP contribution is 2.30. The Bertz CT molecular complexity index is 964. The number of halogens is 1. The van der Waals surface area contributed by atoms with E-state index in [0.29, 0.717) is 33.9 Å². The third-order valence-corrected chi connectivity index (χ3v) is 6.00. The fraction of sp³-hybridized carbons (Fsp3) is 0.286. The number of carbonyl (C=O) groups is 2. The Hall–Kier alpha value is -2.51. The zero-order valence-electron chi connectivity index (χ0n) is 16.4. The third-order valence-electron chi connectivity index (χ3n) is 4.35. The maximum absolute atomic E-state index is 12.8. The molecule has 6 nitrogen and oxygen atoms in total. The quantitative estimate of drug-likeness (QED) is 0.748. The van der Waals surface area contributed by atoms with E-state index in [9.17, 15) is 9.59 Å². The SMILES string of the molecule is CCOc1cccc(NC(=O)[C@H]2CC(=O)N(C)C(=Nc3ccc(C)c(Cl)c3)S2)c1. The number of benzene rings is 2. The van der Waals surface area contributed by atoms with Crippen LogP contribution in [0.3, 0.4) is 0 Å². The van der Waals surface area contributed by atoms with E-state index in [0.717, 1.165) is 5.56 Å². The molecule has 8 heteroatoms. The number of hydrogen-bond donors (Lipinski definition) is 1. The first-order chi connectivity index (χ1) is 13.9. The number of nitrogens with zero attached hydrogens (tertiary/aromatic N) is 2. The van der Waals surface area contributed by atoms with Crippen LogP contribution in [0.2, 0.25) is 5.02 Å². The molecule has 0 unspecified atom stereocenters. The topological polar surface area (TPSA) is 71.0 Å². The van der Waals surface area contributed by atoms with Crippen LogP contribution in [-0.2, 0) is 9.59 Å². The predicted octanol–water partition coefficient (Wildman–Crippen LogP) is 4.64. The van der Waals surface area contributed by atoms with Crippen LogP contribution >= 0.6 is 23.4 Å². The maximum atomic E-state index is 12.8. The molecule has 1 N–H and O–H groups in total. The summed E-state index contributed by atoms with van der Waals surface area (Å²) >= 11 is 7.43. The van der Waals surface area contributed by atoms with Crippen LogP contribution in [0.5, 0.6) is 5.75 Å². The fourth-order valence-electron chi connectivity index (χ4n) is 2.71. The number of amidine groups is 1. The summed E-state index contributed by atoms with van der Waals surface area (Å²) in [6, 6.07) is 12.6. The fourth-order valence-corrected chi connectivity index (χ4v) is 3.95. The van der Waals surface area contributed by atoms with E-state index in [-0.39, 0.29) is 18.2 Å². The van der Waals surface area contributed by atoms with Crippen molar-refractivity contribution in [1.82, 2.24) is 4.90 Å². The molecule has 3 rings (SSSR count). The first-order valence-electron chi connectivity index (χ1n) is 9.19. The maximum Gasteiger partial charge on any atom is 0.238 e. The van der Waals surface area contributed by atoms with E-state index in [1.165, 1.54) is 16.7 Å². The minimum atomic E-state index is -0.575. The van der Waals surface area contributed by atoms with Crippen LogP contribution < -0.4 is 10.1 Å². The molecule has 0 saturated carbocycles. The highest BCUT2D eigenvalue weighted by Gasteiger charge is 2.34. The summed E-state index contributed by atoms with van der Waals surface area (Å²) in [6.45, 7) is 4.35. The average molecular weight is 432 g/mol. The Kier molecular flexibility index (Phi) is 6.82. The second-order valence-corrected chi connectivity index (χ2v) is 8.12. The first-order valence-corrected chi connectivity index (χ1v) is 10.4. The summed E-state index contributed by atoms with van der Waals surface area (Å²) in [7, 11) is 1.66. The van der Waals surface area contributed by atoms with E-state index in [4.69, 9.17) is 16.3 Å². The van der Waals surface area contributed by atoms with Gasteiger partial charge in [-0.3, -0.25) is 14.5 Å². The molecule has 1 saturated heterocycles. The van der Waals surface area contributed by atoms with Crippen LogP contribution in [0.15, 0.2) is 47.5 Å². The Morgan fingerprint density at radius 2 is 2.14 bits per heavy atom. The van der Waals surface area contributed by atoms with Crippen molar-refractivity contribution in [1.29, 1.82) is 0 Å². The van der Waals surface area contributed by atoms with Gasteiger partial charge in [0.2, 0.25) is 11.8 Å². The van der Waals surface area contributed by atoms with Crippen molar-refractivity contribution in [3.63, 3.8) is 0 Å². The lowest BCUT2D eigenvalue weighted by atomic mass is 10.2. The second kappa shape index (κ2) is 9.33. The van der Waals surface area contributed by atoms with Crippen LogP contribution in [-0.4, -0.2) is 40.8 Å². The van der Waals surface area contributed by atoms with Crippen molar-refractivity contribution in [2.75, 3.05) is 19.0 Å². The lowest BCUT2D eigenvalue weighted by Crippen LogP contribution is -2.43. The molecule has 152 valence electrons. The molecule has 2 aromatic rings. The lowest BCUT2D eigenvalue weighted by Gasteiger charge is -2.28. The molecule has 1 aliphatic heterocycles. The number of ether oxygens (including phenoxy) is 1. The number of hydrogen-bond acceptors (Lipinski definition) is 5. The molecule has 1 atom stereocenters. The highest BCUT2D eigenvalue weighted by atomic mass is 35.5. The molecule has 1 aliphatic rings.